The first-order valence-electron chi connectivity index (χ1n) is 29.5. The van der Waals surface area contributed by atoms with E-state index in [2.05, 4.69) is 93.7 Å². The zero-order valence-corrected chi connectivity index (χ0v) is 45.4. The molecule has 0 aromatic rings. The van der Waals surface area contributed by atoms with E-state index in [1.807, 2.05) is 0 Å². The molecule has 0 rings (SSSR count). The molecule has 0 amide bonds. The van der Waals surface area contributed by atoms with Crippen LogP contribution in [0.2, 0.25) is 0 Å². The van der Waals surface area contributed by atoms with E-state index >= 15 is 0 Å². The van der Waals surface area contributed by atoms with E-state index in [0.717, 1.165) is 77.0 Å². The Balaban J connectivity index is 4.32. The Kier molecular flexibility index (Phi) is 56.4. The molecular formula is C63H112O5. The fourth-order valence-electron chi connectivity index (χ4n) is 8.36. The number of ether oxygens (including phenoxy) is 3. The molecule has 0 saturated carbocycles. The lowest BCUT2D eigenvalue weighted by Gasteiger charge is -2.18. The van der Waals surface area contributed by atoms with E-state index in [0.29, 0.717) is 19.4 Å². The van der Waals surface area contributed by atoms with Gasteiger partial charge in [0.1, 0.15) is 6.61 Å². The maximum Gasteiger partial charge on any atom is 0.306 e. The Morgan fingerprint density at radius 1 is 0.338 bits per heavy atom. The van der Waals surface area contributed by atoms with Crippen LogP contribution in [0.3, 0.4) is 0 Å². The number of carbonyl (C=O) groups is 2. The molecule has 394 valence electrons. The highest BCUT2D eigenvalue weighted by Crippen LogP contribution is 2.16. The van der Waals surface area contributed by atoms with Crippen molar-refractivity contribution in [1.82, 2.24) is 0 Å². The summed E-state index contributed by atoms with van der Waals surface area (Å²) in [4.78, 5) is 25.5. The Hall–Kier alpha value is -2.66. The highest BCUT2D eigenvalue weighted by Gasteiger charge is 2.17. The van der Waals surface area contributed by atoms with E-state index in [9.17, 15) is 9.59 Å². The van der Waals surface area contributed by atoms with Gasteiger partial charge < -0.3 is 14.2 Å². The maximum absolute atomic E-state index is 12.9. The summed E-state index contributed by atoms with van der Waals surface area (Å²) in [5.41, 5.74) is 0. The molecule has 68 heavy (non-hydrogen) atoms. The van der Waals surface area contributed by atoms with Gasteiger partial charge in [-0.3, -0.25) is 9.59 Å². The minimum atomic E-state index is -0.560. The molecule has 0 aromatic heterocycles. The second kappa shape index (κ2) is 58.7. The van der Waals surface area contributed by atoms with Crippen LogP contribution >= 0.6 is 0 Å². The van der Waals surface area contributed by atoms with Crippen LogP contribution in [0.4, 0.5) is 0 Å². The van der Waals surface area contributed by atoms with E-state index in [-0.39, 0.29) is 25.2 Å². The molecule has 5 nitrogen and oxygen atoms in total. The number of carbonyl (C=O) groups excluding carboxylic acids is 2. The standard InChI is InChI=1S/C63H112O5/c1-4-7-10-13-16-19-22-25-28-30-32-33-36-38-41-44-47-50-53-56-62(64)67-60-61(68-63(65)57-54-51-48-45-42-39-35-27-24-21-18-15-12-9-6-3)59-66-58-55-52-49-46-43-40-37-34-31-29-26-23-20-17-14-11-8-5-2/h8,11,17,20,25-26,28-29,34,37,43,46,61H,4-7,9-10,12-16,18-19,21-24,27,30-33,35-36,38-42,44-45,47-60H2,1-3H3/b11-8-,20-17-,28-25-,29-26-,37-34-,46-43-. The van der Waals surface area contributed by atoms with Gasteiger partial charge in [0.15, 0.2) is 6.10 Å². The molecule has 0 saturated heterocycles. The third kappa shape index (κ3) is 55.9. The SMILES string of the molecule is CC/C=C\C/C=C\C/C=C\C/C=C\C/C=C\CCCCOCC(COC(=O)CCCCCCCCCCC/C=C\CCCCCCCC)OC(=O)CCCCCCCCCCCCCCCCC. The van der Waals surface area contributed by atoms with Crippen LogP contribution in [-0.4, -0.2) is 37.9 Å². The Morgan fingerprint density at radius 3 is 1.07 bits per heavy atom. The quantitative estimate of drug-likeness (QED) is 0.0345. The third-order valence-corrected chi connectivity index (χ3v) is 12.7. The number of esters is 2. The average molecular weight is 950 g/mol. The molecule has 0 heterocycles. The smallest absolute Gasteiger partial charge is 0.306 e. The van der Waals surface area contributed by atoms with Gasteiger partial charge in [-0.2, -0.15) is 0 Å². The maximum atomic E-state index is 12.9. The topological polar surface area (TPSA) is 61.8 Å². The molecule has 1 unspecified atom stereocenters. The summed E-state index contributed by atoms with van der Waals surface area (Å²) >= 11 is 0. The van der Waals surface area contributed by atoms with Gasteiger partial charge in [0.2, 0.25) is 0 Å². The molecule has 0 aliphatic heterocycles. The van der Waals surface area contributed by atoms with Gasteiger partial charge in [0.05, 0.1) is 6.61 Å². The minimum Gasteiger partial charge on any atom is -0.462 e. The summed E-state index contributed by atoms with van der Waals surface area (Å²) in [5, 5.41) is 0. The molecule has 1 atom stereocenters. The summed E-state index contributed by atoms with van der Waals surface area (Å²) in [6.45, 7) is 7.65. The number of hydrogen-bond acceptors (Lipinski definition) is 5. The number of rotatable bonds is 54. The third-order valence-electron chi connectivity index (χ3n) is 12.7. The number of allylic oxidation sites excluding steroid dienone is 12. The highest BCUT2D eigenvalue weighted by molar-refractivity contribution is 5.70. The molecular weight excluding hydrogens is 837 g/mol. The van der Waals surface area contributed by atoms with Gasteiger partial charge in [0, 0.05) is 19.4 Å². The van der Waals surface area contributed by atoms with Crippen molar-refractivity contribution in [2.45, 2.75) is 297 Å². The van der Waals surface area contributed by atoms with Gasteiger partial charge >= 0.3 is 11.9 Å². The Labute approximate surface area is 423 Å². The van der Waals surface area contributed by atoms with Gasteiger partial charge in [-0.15, -0.1) is 0 Å². The number of unbranched alkanes of at least 4 members (excludes halogenated alkanes) is 31. The average Bonchev–Trinajstić information content (AvgIpc) is 3.34. The molecule has 0 bridgehead atoms. The Bertz CT molecular complexity index is 1210. The fourth-order valence-corrected chi connectivity index (χ4v) is 8.36. The molecule has 0 spiro atoms. The van der Waals surface area contributed by atoms with Crippen molar-refractivity contribution in [3.63, 3.8) is 0 Å². The number of hydrogen-bond donors (Lipinski definition) is 0. The van der Waals surface area contributed by atoms with E-state index in [1.54, 1.807) is 0 Å². The second-order valence-corrected chi connectivity index (χ2v) is 19.5. The van der Waals surface area contributed by atoms with Crippen LogP contribution in [0, 0.1) is 0 Å². The first kappa shape index (κ1) is 65.3. The minimum absolute atomic E-state index is 0.0678. The van der Waals surface area contributed by atoms with E-state index < -0.39 is 6.10 Å². The second-order valence-electron chi connectivity index (χ2n) is 19.5. The fraction of sp³-hybridized carbons (Fsp3) is 0.778. The summed E-state index contributed by atoms with van der Waals surface area (Å²) < 4.78 is 17.4. The molecule has 0 N–H and O–H groups in total. The molecule has 0 aliphatic carbocycles. The van der Waals surface area contributed by atoms with Crippen LogP contribution in [0.1, 0.15) is 290 Å². The van der Waals surface area contributed by atoms with Crippen molar-refractivity contribution in [3.8, 4) is 0 Å². The van der Waals surface area contributed by atoms with Gasteiger partial charge in [0.25, 0.3) is 0 Å². The largest absolute Gasteiger partial charge is 0.462 e. The summed E-state index contributed by atoms with van der Waals surface area (Å²) in [5.74, 6) is -0.412. The van der Waals surface area contributed by atoms with Crippen molar-refractivity contribution in [3.05, 3.63) is 72.9 Å². The highest BCUT2D eigenvalue weighted by atomic mass is 16.6. The van der Waals surface area contributed by atoms with E-state index in [4.69, 9.17) is 14.2 Å². The van der Waals surface area contributed by atoms with Crippen molar-refractivity contribution in [2.75, 3.05) is 19.8 Å². The monoisotopic (exact) mass is 949 g/mol. The van der Waals surface area contributed by atoms with Crippen molar-refractivity contribution in [1.29, 1.82) is 0 Å². The van der Waals surface area contributed by atoms with Gasteiger partial charge in [-0.1, -0.05) is 261 Å². The zero-order valence-electron chi connectivity index (χ0n) is 45.4. The Morgan fingerprint density at radius 2 is 0.662 bits per heavy atom. The van der Waals surface area contributed by atoms with Gasteiger partial charge in [-0.05, 0) is 89.9 Å². The zero-order chi connectivity index (χ0) is 49.2. The summed E-state index contributed by atoms with van der Waals surface area (Å²) in [7, 11) is 0. The van der Waals surface area contributed by atoms with Crippen LogP contribution in [-0.2, 0) is 23.8 Å². The van der Waals surface area contributed by atoms with Crippen molar-refractivity contribution in [2.24, 2.45) is 0 Å². The first-order chi connectivity index (χ1) is 33.6. The lowest BCUT2D eigenvalue weighted by Crippen LogP contribution is -2.30. The molecule has 5 heteroatoms. The van der Waals surface area contributed by atoms with Crippen LogP contribution in [0.15, 0.2) is 72.9 Å². The normalized spacial score (nSPS) is 12.7. The molecule has 0 fully saturated rings. The predicted molar refractivity (Wildman–Crippen MR) is 297 cm³/mol. The predicted octanol–water partition coefficient (Wildman–Crippen LogP) is 20.2. The molecule has 0 aromatic carbocycles. The van der Waals surface area contributed by atoms with Gasteiger partial charge in [-0.25, -0.2) is 0 Å². The summed E-state index contributed by atoms with van der Waals surface area (Å²) in [6.07, 6.45) is 76.4. The lowest BCUT2D eigenvalue weighted by molar-refractivity contribution is -0.163. The molecule has 0 radical (unpaired) electrons. The molecule has 0 aliphatic rings. The lowest BCUT2D eigenvalue weighted by atomic mass is 10.0. The first-order valence-corrected chi connectivity index (χ1v) is 29.5. The van der Waals surface area contributed by atoms with E-state index in [1.165, 1.54) is 180 Å². The van der Waals surface area contributed by atoms with Crippen molar-refractivity contribution < 1.29 is 23.8 Å². The van der Waals surface area contributed by atoms with Crippen molar-refractivity contribution >= 4 is 11.9 Å². The summed E-state index contributed by atoms with van der Waals surface area (Å²) in [6, 6.07) is 0. The van der Waals surface area contributed by atoms with Crippen LogP contribution < -0.4 is 0 Å². The van der Waals surface area contributed by atoms with Crippen LogP contribution in [0.5, 0.6) is 0 Å². The van der Waals surface area contributed by atoms with Crippen LogP contribution in [0.25, 0.3) is 0 Å².